The molecule has 3 nitrogen and oxygen atoms in total. The molecular formula is C20H22N2OS2. The van der Waals surface area contributed by atoms with Crippen LogP contribution in [-0.4, -0.2) is 21.5 Å². The number of nitrogens with zero attached hydrogens (tertiary/aromatic N) is 2. The number of Topliss-reactive ketones (excluding diaryl/α,β-unsaturated/α-hetero) is 1. The Hall–Kier alpha value is -1.72. The molecular weight excluding hydrogens is 348 g/mol. The molecule has 0 aliphatic carbocycles. The van der Waals surface area contributed by atoms with Gasteiger partial charge in [0.05, 0.1) is 5.75 Å². The number of rotatable bonds is 6. The second-order valence-corrected chi connectivity index (χ2v) is 8.40. The molecule has 3 aromatic rings. The summed E-state index contributed by atoms with van der Waals surface area (Å²) < 4.78 is 0. The van der Waals surface area contributed by atoms with Gasteiger partial charge in [0.15, 0.2) is 5.78 Å². The first-order chi connectivity index (χ1) is 12.0. The SMILES string of the molecule is CCCc1nc(SCC(=O)c2ccc(C)cc2)c2c(C)c(C)sc2n1. The van der Waals surface area contributed by atoms with Crippen LogP contribution in [0.15, 0.2) is 29.3 Å². The number of benzene rings is 1. The van der Waals surface area contributed by atoms with Crippen molar-refractivity contribution >= 4 is 39.1 Å². The molecule has 0 spiro atoms. The van der Waals surface area contributed by atoms with Crippen LogP contribution in [0.3, 0.4) is 0 Å². The fraction of sp³-hybridized carbons (Fsp3) is 0.350. The predicted molar refractivity (Wildman–Crippen MR) is 107 cm³/mol. The normalized spacial score (nSPS) is 11.2. The average Bonchev–Trinajstić information content (AvgIpc) is 2.88. The maximum atomic E-state index is 12.5. The molecule has 0 unspecified atom stereocenters. The van der Waals surface area contributed by atoms with Crippen LogP contribution in [0.4, 0.5) is 0 Å². The number of hydrogen-bond donors (Lipinski definition) is 0. The lowest BCUT2D eigenvalue weighted by Crippen LogP contribution is -2.04. The van der Waals surface area contributed by atoms with Gasteiger partial charge in [0.25, 0.3) is 0 Å². The summed E-state index contributed by atoms with van der Waals surface area (Å²) in [6.45, 7) is 8.39. The summed E-state index contributed by atoms with van der Waals surface area (Å²) in [4.78, 5) is 24.3. The van der Waals surface area contributed by atoms with E-state index in [1.165, 1.54) is 22.2 Å². The van der Waals surface area contributed by atoms with E-state index >= 15 is 0 Å². The maximum absolute atomic E-state index is 12.5. The van der Waals surface area contributed by atoms with E-state index in [9.17, 15) is 4.79 Å². The number of ketones is 1. The summed E-state index contributed by atoms with van der Waals surface area (Å²) in [5.74, 6) is 1.41. The lowest BCUT2D eigenvalue weighted by Gasteiger charge is -2.07. The van der Waals surface area contributed by atoms with Crippen LogP contribution < -0.4 is 0 Å². The minimum Gasteiger partial charge on any atom is -0.293 e. The first-order valence-corrected chi connectivity index (χ1v) is 10.3. The Morgan fingerprint density at radius 1 is 1.12 bits per heavy atom. The molecule has 0 saturated carbocycles. The maximum Gasteiger partial charge on any atom is 0.173 e. The summed E-state index contributed by atoms with van der Waals surface area (Å²) in [5, 5.41) is 2.06. The van der Waals surface area contributed by atoms with Gasteiger partial charge in [-0.25, -0.2) is 9.97 Å². The quantitative estimate of drug-likeness (QED) is 0.324. The molecule has 0 N–H and O–H groups in total. The van der Waals surface area contributed by atoms with Crippen molar-refractivity contribution in [3.05, 3.63) is 51.7 Å². The summed E-state index contributed by atoms with van der Waals surface area (Å²) in [5.41, 5.74) is 3.15. The van der Waals surface area contributed by atoms with Crippen molar-refractivity contribution in [2.24, 2.45) is 0 Å². The largest absolute Gasteiger partial charge is 0.293 e. The molecule has 0 amide bonds. The third kappa shape index (κ3) is 3.93. The van der Waals surface area contributed by atoms with Crippen LogP contribution in [0.2, 0.25) is 0 Å². The molecule has 0 aliphatic rings. The lowest BCUT2D eigenvalue weighted by molar-refractivity contribution is 0.102. The topological polar surface area (TPSA) is 42.9 Å². The van der Waals surface area contributed by atoms with E-state index in [1.54, 1.807) is 11.3 Å². The van der Waals surface area contributed by atoms with Gasteiger partial charge < -0.3 is 0 Å². The minimum absolute atomic E-state index is 0.137. The molecule has 0 bridgehead atoms. The molecule has 0 aliphatic heterocycles. The molecule has 0 atom stereocenters. The molecule has 2 heterocycles. The Kier molecular flexibility index (Phi) is 5.54. The zero-order valence-electron chi connectivity index (χ0n) is 15.0. The standard InChI is InChI=1S/C20H22N2OS2/c1-5-6-17-21-19(18-13(3)14(4)25-20(18)22-17)24-11-16(23)15-9-7-12(2)8-10-15/h7-10H,5-6,11H2,1-4H3. The molecule has 1 aromatic carbocycles. The number of thiophene rings is 1. The van der Waals surface area contributed by atoms with E-state index in [-0.39, 0.29) is 5.78 Å². The first kappa shape index (κ1) is 18.1. The number of thioether (sulfide) groups is 1. The van der Waals surface area contributed by atoms with Gasteiger partial charge in [-0.05, 0) is 32.8 Å². The van der Waals surface area contributed by atoms with Gasteiger partial charge in [-0.15, -0.1) is 11.3 Å². The Balaban J connectivity index is 1.89. The van der Waals surface area contributed by atoms with Gasteiger partial charge in [-0.2, -0.15) is 0 Å². The second-order valence-electron chi connectivity index (χ2n) is 6.24. The Morgan fingerprint density at radius 3 is 2.52 bits per heavy atom. The van der Waals surface area contributed by atoms with Gasteiger partial charge in [0.1, 0.15) is 15.7 Å². The third-order valence-electron chi connectivity index (χ3n) is 4.23. The van der Waals surface area contributed by atoms with E-state index in [0.29, 0.717) is 5.75 Å². The van der Waals surface area contributed by atoms with Crippen LogP contribution in [-0.2, 0) is 6.42 Å². The monoisotopic (exact) mass is 370 g/mol. The molecule has 0 fully saturated rings. The predicted octanol–water partition coefficient (Wildman–Crippen LogP) is 5.54. The van der Waals surface area contributed by atoms with Crippen LogP contribution in [0.25, 0.3) is 10.2 Å². The van der Waals surface area contributed by atoms with Gasteiger partial charge in [0.2, 0.25) is 0 Å². The second kappa shape index (κ2) is 7.67. The molecule has 5 heteroatoms. The van der Waals surface area contributed by atoms with E-state index in [1.807, 2.05) is 31.2 Å². The number of carbonyl (C=O) groups excluding carboxylic acids is 1. The highest BCUT2D eigenvalue weighted by Crippen LogP contribution is 2.35. The van der Waals surface area contributed by atoms with Crippen molar-refractivity contribution in [1.29, 1.82) is 0 Å². The number of fused-ring (bicyclic) bond motifs is 1. The molecule has 25 heavy (non-hydrogen) atoms. The molecule has 3 rings (SSSR count). The zero-order chi connectivity index (χ0) is 18.0. The van der Waals surface area contributed by atoms with Crippen molar-refractivity contribution in [3.8, 4) is 0 Å². The molecule has 2 aromatic heterocycles. The van der Waals surface area contributed by atoms with Crippen molar-refractivity contribution in [1.82, 2.24) is 9.97 Å². The molecule has 130 valence electrons. The van der Waals surface area contributed by atoms with Crippen molar-refractivity contribution in [3.63, 3.8) is 0 Å². The van der Waals surface area contributed by atoms with Crippen molar-refractivity contribution in [2.75, 3.05) is 5.75 Å². The third-order valence-corrected chi connectivity index (χ3v) is 6.31. The van der Waals surface area contributed by atoms with Crippen molar-refractivity contribution in [2.45, 2.75) is 45.6 Å². The van der Waals surface area contributed by atoms with Gasteiger partial charge in [-0.1, -0.05) is 48.5 Å². The smallest absolute Gasteiger partial charge is 0.173 e. The summed E-state index contributed by atoms with van der Waals surface area (Å²) >= 11 is 3.25. The summed E-state index contributed by atoms with van der Waals surface area (Å²) in [6, 6.07) is 7.76. The van der Waals surface area contributed by atoms with Crippen molar-refractivity contribution < 1.29 is 4.79 Å². The van der Waals surface area contributed by atoms with Crippen LogP contribution >= 0.6 is 23.1 Å². The fourth-order valence-corrected chi connectivity index (χ4v) is 4.76. The van der Waals surface area contributed by atoms with Gasteiger partial charge in [0, 0.05) is 22.2 Å². The number of hydrogen-bond acceptors (Lipinski definition) is 5. The van der Waals surface area contributed by atoms with E-state index in [4.69, 9.17) is 9.97 Å². The zero-order valence-corrected chi connectivity index (χ0v) is 16.7. The molecule has 0 saturated heterocycles. The highest BCUT2D eigenvalue weighted by atomic mass is 32.2. The van der Waals surface area contributed by atoms with Crippen LogP contribution in [0, 0.1) is 20.8 Å². The van der Waals surface area contributed by atoms with E-state index in [2.05, 4.69) is 20.8 Å². The number of carbonyl (C=O) groups is 1. The minimum atomic E-state index is 0.137. The first-order valence-electron chi connectivity index (χ1n) is 8.49. The summed E-state index contributed by atoms with van der Waals surface area (Å²) in [6.07, 6.45) is 1.88. The number of aryl methyl sites for hydroxylation is 4. The summed E-state index contributed by atoms with van der Waals surface area (Å²) in [7, 11) is 0. The fourth-order valence-electron chi connectivity index (χ4n) is 2.65. The Morgan fingerprint density at radius 2 is 1.84 bits per heavy atom. The number of aromatic nitrogens is 2. The van der Waals surface area contributed by atoms with Gasteiger partial charge >= 0.3 is 0 Å². The van der Waals surface area contributed by atoms with Gasteiger partial charge in [-0.3, -0.25) is 4.79 Å². The Labute approximate surface area is 156 Å². The average molecular weight is 371 g/mol. The highest BCUT2D eigenvalue weighted by Gasteiger charge is 2.16. The van der Waals surface area contributed by atoms with Crippen LogP contribution in [0.5, 0.6) is 0 Å². The van der Waals surface area contributed by atoms with Crippen LogP contribution in [0.1, 0.15) is 45.5 Å². The Bertz CT molecular complexity index is 914. The highest BCUT2D eigenvalue weighted by molar-refractivity contribution is 8.00. The molecule has 0 radical (unpaired) electrons. The van der Waals surface area contributed by atoms with E-state index in [0.717, 1.165) is 45.0 Å². The lowest BCUT2D eigenvalue weighted by atomic mass is 10.1. The van der Waals surface area contributed by atoms with E-state index < -0.39 is 0 Å².